The van der Waals surface area contributed by atoms with Gasteiger partial charge < -0.3 is 4.90 Å². The van der Waals surface area contributed by atoms with Gasteiger partial charge in [-0.15, -0.1) is 13.2 Å². The highest BCUT2D eigenvalue weighted by Gasteiger charge is 2.18. The van der Waals surface area contributed by atoms with E-state index in [1.807, 2.05) is 6.07 Å². The van der Waals surface area contributed by atoms with Gasteiger partial charge in [0.1, 0.15) is 6.54 Å². The van der Waals surface area contributed by atoms with Gasteiger partial charge in [0.15, 0.2) is 0 Å². The minimum atomic E-state index is -0.882. The van der Waals surface area contributed by atoms with E-state index < -0.39 is 29.5 Å². The summed E-state index contributed by atoms with van der Waals surface area (Å²) in [5.74, 6) is -0.515. The third kappa shape index (κ3) is 3.98. The van der Waals surface area contributed by atoms with Crippen LogP contribution in [-0.4, -0.2) is 38.1 Å². The van der Waals surface area contributed by atoms with Gasteiger partial charge in [0.05, 0.1) is 25.6 Å². The molecule has 9 nitrogen and oxygen atoms in total. The van der Waals surface area contributed by atoms with Crippen LogP contribution >= 0.6 is 0 Å². The van der Waals surface area contributed by atoms with Gasteiger partial charge in [-0.25, -0.2) is 28.1 Å². The van der Waals surface area contributed by atoms with Crippen molar-refractivity contribution in [1.29, 1.82) is 5.26 Å². The molecule has 1 aromatic rings. The molecule has 0 radical (unpaired) electrons. The summed E-state index contributed by atoms with van der Waals surface area (Å²) >= 11 is 0. The predicted octanol–water partition coefficient (Wildman–Crippen LogP) is -1.08. The normalized spacial score (nSPS) is 10.0. The second kappa shape index (κ2) is 8.47. The number of amides is 1. The number of nitriles is 1. The van der Waals surface area contributed by atoms with E-state index in [-0.39, 0.29) is 26.1 Å². The van der Waals surface area contributed by atoms with Crippen LogP contribution in [0.25, 0.3) is 0 Å². The average molecular weight is 333 g/mol. The Balaban J connectivity index is 3.40. The Hall–Kier alpha value is -3.15. The Bertz CT molecular complexity index is 804. The zero-order valence-corrected chi connectivity index (χ0v) is 13.5. The first-order valence-corrected chi connectivity index (χ1v) is 7.16. The zero-order valence-electron chi connectivity index (χ0n) is 13.5. The quantitative estimate of drug-likeness (QED) is 0.562. The number of likely N-dealkylation sites (N-methyl/N-ethyl adjacent to an activating group) is 1. The van der Waals surface area contributed by atoms with E-state index in [1.54, 1.807) is 0 Å². The van der Waals surface area contributed by atoms with Gasteiger partial charge in [0.25, 0.3) is 0 Å². The van der Waals surface area contributed by atoms with Gasteiger partial charge in [-0.2, -0.15) is 5.26 Å². The van der Waals surface area contributed by atoms with Crippen LogP contribution < -0.4 is 17.1 Å². The molecule has 0 fully saturated rings. The molecule has 1 heterocycles. The minimum absolute atomic E-state index is 0.0897. The average Bonchev–Trinajstić information content (AvgIpc) is 2.56. The van der Waals surface area contributed by atoms with Crippen molar-refractivity contribution >= 4 is 5.91 Å². The number of carbonyl (C=O) groups is 1. The fourth-order valence-electron chi connectivity index (χ4n) is 1.99. The van der Waals surface area contributed by atoms with Crippen LogP contribution in [0.4, 0.5) is 0 Å². The number of aromatic nitrogens is 3. The number of rotatable bonds is 8. The number of hydrogen-bond acceptors (Lipinski definition) is 5. The van der Waals surface area contributed by atoms with Crippen molar-refractivity contribution in [3.05, 3.63) is 56.8 Å². The maximum atomic E-state index is 12.3. The SMILES string of the molecule is C=CCn1c(=O)n(CC=C)c(=O)n(CC(=O)N(C)CCC#N)c1=O. The maximum absolute atomic E-state index is 12.3. The van der Waals surface area contributed by atoms with E-state index in [9.17, 15) is 19.2 Å². The molecule has 0 N–H and O–H groups in total. The summed E-state index contributed by atoms with van der Waals surface area (Å²) in [6.45, 7) is 6.41. The predicted molar refractivity (Wildman–Crippen MR) is 87.5 cm³/mol. The molecule has 0 atom stereocenters. The second-order valence-electron chi connectivity index (χ2n) is 4.96. The van der Waals surface area contributed by atoms with Crippen LogP contribution in [0.2, 0.25) is 0 Å². The summed E-state index contributed by atoms with van der Waals surface area (Å²) in [7, 11) is 1.47. The largest absolute Gasteiger partial charge is 0.343 e. The molecule has 1 amide bonds. The smallest absolute Gasteiger partial charge is 0.337 e. The van der Waals surface area contributed by atoms with Crippen LogP contribution in [0.15, 0.2) is 39.7 Å². The summed E-state index contributed by atoms with van der Waals surface area (Å²) in [5.41, 5.74) is -2.55. The molecule has 0 saturated heterocycles. The molecule has 0 aliphatic rings. The van der Waals surface area contributed by atoms with Crippen molar-refractivity contribution in [3.8, 4) is 6.07 Å². The van der Waals surface area contributed by atoms with Crippen molar-refractivity contribution in [2.45, 2.75) is 26.1 Å². The number of carbonyl (C=O) groups excluding carboxylic acids is 1. The van der Waals surface area contributed by atoms with Gasteiger partial charge >= 0.3 is 17.1 Å². The highest BCUT2D eigenvalue weighted by Crippen LogP contribution is 1.90. The van der Waals surface area contributed by atoms with Gasteiger partial charge in [0, 0.05) is 13.6 Å². The number of allylic oxidation sites excluding steroid dienone is 2. The van der Waals surface area contributed by atoms with E-state index in [1.165, 1.54) is 24.1 Å². The highest BCUT2D eigenvalue weighted by atomic mass is 16.2. The third-order valence-corrected chi connectivity index (χ3v) is 3.29. The van der Waals surface area contributed by atoms with Gasteiger partial charge in [-0.1, -0.05) is 12.2 Å². The Morgan fingerprint density at radius 3 is 1.96 bits per heavy atom. The van der Waals surface area contributed by atoms with Gasteiger partial charge in [-0.05, 0) is 0 Å². The van der Waals surface area contributed by atoms with Crippen LogP contribution in [0.5, 0.6) is 0 Å². The van der Waals surface area contributed by atoms with E-state index in [0.717, 1.165) is 9.13 Å². The number of hydrogen-bond donors (Lipinski definition) is 0. The Morgan fingerprint density at radius 1 is 1.08 bits per heavy atom. The monoisotopic (exact) mass is 333 g/mol. The van der Waals surface area contributed by atoms with E-state index in [4.69, 9.17) is 5.26 Å². The molecule has 1 aromatic heterocycles. The Morgan fingerprint density at radius 2 is 1.54 bits per heavy atom. The fourth-order valence-corrected chi connectivity index (χ4v) is 1.99. The van der Waals surface area contributed by atoms with Crippen LogP contribution in [-0.2, 0) is 24.4 Å². The van der Waals surface area contributed by atoms with E-state index >= 15 is 0 Å². The van der Waals surface area contributed by atoms with E-state index in [2.05, 4.69) is 13.2 Å². The molecular weight excluding hydrogens is 314 g/mol. The van der Waals surface area contributed by atoms with Crippen molar-refractivity contribution < 1.29 is 4.79 Å². The van der Waals surface area contributed by atoms with Crippen LogP contribution in [0, 0.1) is 11.3 Å². The molecule has 1 rings (SSSR count). The van der Waals surface area contributed by atoms with Crippen molar-refractivity contribution in [1.82, 2.24) is 18.6 Å². The summed E-state index contributed by atoms with van der Waals surface area (Å²) < 4.78 is 2.33. The first kappa shape index (κ1) is 18.9. The summed E-state index contributed by atoms with van der Waals surface area (Å²) in [6.07, 6.45) is 2.82. The second-order valence-corrected chi connectivity index (χ2v) is 4.96. The van der Waals surface area contributed by atoms with Crippen LogP contribution in [0.3, 0.4) is 0 Å². The summed E-state index contributed by atoms with van der Waals surface area (Å²) in [6, 6.07) is 1.90. The minimum Gasteiger partial charge on any atom is -0.343 e. The molecule has 24 heavy (non-hydrogen) atoms. The molecule has 0 aliphatic heterocycles. The van der Waals surface area contributed by atoms with Gasteiger partial charge in [0.2, 0.25) is 5.91 Å². The molecule has 0 aromatic carbocycles. The van der Waals surface area contributed by atoms with Crippen molar-refractivity contribution in [2.75, 3.05) is 13.6 Å². The van der Waals surface area contributed by atoms with Crippen LogP contribution in [0.1, 0.15) is 6.42 Å². The summed E-state index contributed by atoms with van der Waals surface area (Å²) in [4.78, 5) is 50.3. The molecular formula is C15H19N5O4. The third-order valence-electron chi connectivity index (χ3n) is 3.29. The van der Waals surface area contributed by atoms with Gasteiger partial charge in [-0.3, -0.25) is 4.79 Å². The topological polar surface area (TPSA) is 110 Å². The fraction of sp³-hybridized carbons (Fsp3) is 0.400. The lowest BCUT2D eigenvalue weighted by Crippen LogP contribution is -2.55. The van der Waals surface area contributed by atoms with Crippen molar-refractivity contribution in [3.63, 3.8) is 0 Å². The lowest BCUT2D eigenvalue weighted by molar-refractivity contribution is -0.130. The first-order chi connectivity index (χ1) is 11.4. The Labute approximate surface area is 138 Å². The summed E-state index contributed by atoms with van der Waals surface area (Å²) in [5, 5.41) is 8.54. The molecule has 0 saturated carbocycles. The van der Waals surface area contributed by atoms with Crippen molar-refractivity contribution in [2.24, 2.45) is 0 Å². The molecule has 0 aliphatic carbocycles. The first-order valence-electron chi connectivity index (χ1n) is 7.16. The number of nitrogens with zero attached hydrogens (tertiary/aromatic N) is 5. The molecule has 0 unspecified atom stereocenters. The molecule has 128 valence electrons. The lowest BCUT2D eigenvalue weighted by Gasteiger charge is -2.17. The zero-order chi connectivity index (χ0) is 18.3. The standard InChI is InChI=1S/C15H19N5O4/c1-4-8-18-13(22)19(9-5-2)15(24)20(14(18)23)11-12(21)17(3)10-6-7-16/h4-5H,1-2,6,8-11H2,3H3. The Kier molecular flexibility index (Phi) is 6.67. The molecule has 9 heteroatoms. The van der Waals surface area contributed by atoms with E-state index in [0.29, 0.717) is 4.57 Å². The molecule has 0 spiro atoms. The molecule has 0 bridgehead atoms. The highest BCUT2D eigenvalue weighted by molar-refractivity contribution is 5.75. The maximum Gasteiger partial charge on any atom is 0.337 e. The lowest BCUT2D eigenvalue weighted by atomic mass is 10.4.